The van der Waals surface area contributed by atoms with Gasteiger partial charge in [-0.25, -0.2) is 0 Å². The first-order chi connectivity index (χ1) is 5.18. The van der Waals surface area contributed by atoms with Crippen LogP contribution in [0.15, 0.2) is 6.07 Å². The fraction of sp³-hybridized carbons (Fsp3) is 0.200. The Morgan fingerprint density at radius 1 is 1.64 bits per heavy atom. The van der Waals surface area contributed by atoms with Gasteiger partial charge in [0, 0.05) is 6.07 Å². The van der Waals surface area contributed by atoms with Gasteiger partial charge in [0.2, 0.25) is 5.88 Å². The smallest absolute Gasteiger partial charge is 0.388 e. The third-order valence-electron chi connectivity index (χ3n) is 0.765. The lowest BCUT2D eigenvalue weighted by molar-refractivity contribution is -0.0534. The molecule has 0 spiro atoms. The van der Waals surface area contributed by atoms with Crippen molar-refractivity contribution in [2.75, 3.05) is 0 Å². The van der Waals surface area contributed by atoms with Gasteiger partial charge in [0.25, 0.3) is 0 Å². The minimum atomic E-state index is -2.91. The van der Waals surface area contributed by atoms with E-state index in [1.807, 2.05) is 0 Å². The number of rotatable bonds is 2. The summed E-state index contributed by atoms with van der Waals surface area (Å²) in [6, 6.07) is 1.10. The molecular formula is C5H2ClF2N2O. The molecule has 0 aromatic carbocycles. The zero-order valence-corrected chi connectivity index (χ0v) is 5.85. The van der Waals surface area contributed by atoms with E-state index >= 15 is 0 Å². The molecule has 0 unspecified atom stereocenters. The summed E-state index contributed by atoms with van der Waals surface area (Å²) in [6.45, 7) is -2.91. The van der Waals surface area contributed by atoms with E-state index in [0.717, 1.165) is 6.07 Å². The normalized spacial score (nSPS) is 10.2. The third-order valence-corrected chi connectivity index (χ3v) is 0.959. The molecule has 59 valence electrons. The Morgan fingerprint density at radius 3 is 2.91 bits per heavy atom. The molecule has 0 amide bonds. The Bertz CT molecular complexity index is 246. The number of nitrogens with zero attached hydrogens (tertiary/aromatic N) is 2. The van der Waals surface area contributed by atoms with Crippen LogP contribution in [0.5, 0.6) is 5.88 Å². The summed E-state index contributed by atoms with van der Waals surface area (Å²) in [4.78, 5) is 0. The van der Waals surface area contributed by atoms with E-state index in [1.54, 1.807) is 0 Å². The summed E-state index contributed by atoms with van der Waals surface area (Å²) in [7, 11) is 0. The van der Waals surface area contributed by atoms with Crippen molar-refractivity contribution in [3.05, 3.63) is 17.3 Å². The molecule has 0 bridgehead atoms. The number of ether oxygens (including phenoxy) is 1. The van der Waals surface area contributed by atoms with Crippen LogP contribution in [0, 0.1) is 6.20 Å². The van der Waals surface area contributed by atoms with Crippen LogP contribution in [0.3, 0.4) is 0 Å². The molecule has 1 aromatic heterocycles. The zero-order valence-electron chi connectivity index (χ0n) is 5.09. The van der Waals surface area contributed by atoms with Gasteiger partial charge < -0.3 is 4.74 Å². The van der Waals surface area contributed by atoms with Gasteiger partial charge in [-0.15, -0.1) is 10.2 Å². The van der Waals surface area contributed by atoms with Crippen molar-refractivity contribution >= 4 is 11.6 Å². The lowest BCUT2D eigenvalue weighted by Gasteiger charge is -2.00. The van der Waals surface area contributed by atoms with Gasteiger partial charge in [-0.1, -0.05) is 11.6 Å². The third kappa shape index (κ3) is 2.63. The van der Waals surface area contributed by atoms with E-state index in [4.69, 9.17) is 11.6 Å². The van der Waals surface area contributed by atoms with E-state index in [2.05, 4.69) is 21.1 Å². The van der Waals surface area contributed by atoms with Crippen molar-refractivity contribution in [1.29, 1.82) is 0 Å². The molecule has 0 aliphatic rings. The van der Waals surface area contributed by atoms with Crippen molar-refractivity contribution in [1.82, 2.24) is 10.2 Å². The zero-order chi connectivity index (χ0) is 8.27. The highest BCUT2D eigenvalue weighted by molar-refractivity contribution is 6.30. The van der Waals surface area contributed by atoms with Gasteiger partial charge in [0.05, 0.1) is 5.02 Å². The average Bonchev–Trinajstić information content (AvgIpc) is 1.85. The average molecular weight is 180 g/mol. The number of hydrogen-bond acceptors (Lipinski definition) is 3. The quantitative estimate of drug-likeness (QED) is 0.691. The molecule has 0 atom stereocenters. The van der Waals surface area contributed by atoms with Gasteiger partial charge in [-0.05, 0) is 0 Å². The maximum Gasteiger partial charge on any atom is 0.388 e. The van der Waals surface area contributed by atoms with Gasteiger partial charge in [0.15, 0.2) is 0 Å². The summed E-state index contributed by atoms with van der Waals surface area (Å²) in [6.07, 6.45) is 2.22. The van der Waals surface area contributed by atoms with Crippen LogP contribution in [0.2, 0.25) is 5.02 Å². The maximum atomic E-state index is 11.5. The molecule has 1 rings (SSSR count). The van der Waals surface area contributed by atoms with E-state index < -0.39 is 6.61 Å². The molecule has 1 radical (unpaired) electrons. The van der Waals surface area contributed by atoms with Crippen LogP contribution in [0.4, 0.5) is 8.78 Å². The van der Waals surface area contributed by atoms with Crippen LogP contribution in [0.1, 0.15) is 0 Å². The second-order valence-corrected chi connectivity index (χ2v) is 1.93. The monoisotopic (exact) mass is 179 g/mol. The predicted octanol–water partition coefficient (Wildman–Crippen LogP) is 1.53. The van der Waals surface area contributed by atoms with Crippen molar-refractivity contribution in [2.45, 2.75) is 6.61 Å². The summed E-state index contributed by atoms with van der Waals surface area (Å²) in [5.74, 6) is -0.316. The van der Waals surface area contributed by atoms with Crippen molar-refractivity contribution in [2.24, 2.45) is 0 Å². The van der Waals surface area contributed by atoms with E-state index in [0.29, 0.717) is 0 Å². The SMILES string of the molecule is FC(F)Oc1cc(Cl)[c]nn1. The molecule has 1 heterocycles. The van der Waals surface area contributed by atoms with Crippen LogP contribution in [0.25, 0.3) is 0 Å². The van der Waals surface area contributed by atoms with Crippen LogP contribution >= 0.6 is 11.6 Å². The van der Waals surface area contributed by atoms with Crippen LogP contribution < -0.4 is 4.74 Å². The minimum absolute atomic E-state index is 0.0793. The predicted molar refractivity (Wildman–Crippen MR) is 32.5 cm³/mol. The Kier molecular flexibility index (Phi) is 2.53. The first-order valence-corrected chi connectivity index (χ1v) is 2.92. The van der Waals surface area contributed by atoms with E-state index in [-0.39, 0.29) is 10.9 Å². The standard InChI is InChI=1S/C5H2ClF2N2O/c6-3-1-4(10-9-2-3)11-5(7)8/h1,5H. The van der Waals surface area contributed by atoms with Crippen LogP contribution in [-0.4, -0.2) is 16.8 Å². The lowest BCUT2D eigenvalue weighted by atomic mass is 10.6. The molecular weight excluding hydrogens is 178 g/mol. The number of hydrogen-bond donors (Lipinski definition) is 0. The Balaban J connectivity index is 2.71. The molecule has 6 heteroatoms. The molecule has 0 aliphatic heterocycles. The fourth-order valence-corrected chi connectivity index (χ4v) is 0.572. The Morgan fingerprint density at radius 2 is 2.36 bits per heavy atom. The molecule has 0 saturated heterocycles. The van der Waals surface area contributed by atoms with Gasteiger partial charge in [-0.3, -0.25) is 0 Å². The van der Waals surface area contributed by atoms with Gasteiger partial charge >= 0.3 is 6.61 Å². The number of alkyl halides is 2. The maximum absolute atomic E-state index is 11.5. The number of halogens is 3. The summed E-state index contributed by atoms with van der Waals surface area (Å²) in [5.41, 5.74) is 0. The molecule has 3 nitrogen and oxygen atoms in total. The molecule has 0 saturated carbocycles. The summed E-state index contributed by atoms with van der Waals surface area (Å²) >= 11 is 5.35. The topological polar surface area (TPSA) is 35.0 Å². The van der Waals surface area contributed by atoms with Gasteiger partial charge in [-0.2, -0.15) is 8.78 Å². The molecule has 0 aliphatic carbocycles. The molecule has 11 heavy (non-hydrogen) atoms. The Labute approximate surface area is 66.0 Å². The second-order valence-electron chi connectivity index (χ2n) is 1.52. The second kappa shape index (κ2) is 3.43. The molecule has 1 aromatic rings. The highest BCUT2D eigenvalue weighted by Gasteiger charge is 2.05. The van der Waals surface area contributed by atoms with Crippen LogP contribution in [-0.2, 0) is 0 Å². The van der Waals surface area contributed by atoms with E-state index in [1.165, 1.54) is 0 Å². The fourth-order valence-electron chi connectivity index (χ4n) is 0.440. The van der Waals surface area contributed by atoms with Crippen molar-refractivity contribution < 1.29 is 13.5 Å². The first-order valence-electron chi connectivity index (χ1n) is 2.54. The highest BCUT2D eigenvalue weighted by Crippen LogP contribution is 2.13. The van der Waals surface area contributed by atoms with Crippen molar-refractivity contribution in [3.63, 3.8) is 0 Å². The molecule has 0 fully saturated rings. The molecule has 0 N–H and O–H groups in total. The first kappa shape index (κ1) is 8.13. The summed E-state index contributed by atoms with van der Waals surface area (Å²) < 4.78 is 26.9. The van der Waals surface area contributed by atoms with E-state index in [9.17, 15) is 8.78 Å². The summed E-state index contributed by atoms with van der Waals surface area (Å²) in [5, 5.41) is 6.44. The lowest BCUT2D eigenvalue weighted by Crippen LogP contribution is -2.03. The Hall–Kier alpha value is -0.970. The van der Waals surface area contributed by atoms with Gasteiger partial charge in [0.1, 0.15) is 6.20 Å². The minimum Gasteiger partial charge on any atom is -0.415 e. The number of aromatic nitrogens is 2. The van der Waals surface area contributed by atoms with Crippen molar-refractivity contribution in [3.8, 4) is 5.88 Å². The largest absolute Gasteiger partial charge is 0.415 e. The highest BCUT2D eigenvalue weighted by atomic mass is 35.5.